The Balaban J connectivity index is 1.78. The molecule has 0 aromatic carbocycles. The molecule has 3 heterocycles. The van der Waals surface area contributed by atoms with E-state index in [2.05, 4.69) is 25.5 Å². The largest absolute Gasteiger partial charge is 0.463 e. The fraction of sp³-hybridized carbons (Fsp3) is 0.231. The lowest BCUT2D eigenvalue weighted by Crippen LogP contribution is -1.97. The Kier molecular flexibility index (Phi) is 2.81. The van der Waals surface area contributed by atoms with E-state index >= 15 is 0 Å². The van der Waals surface area contributed by atoms with Crippen LogP contribution < -0.4 is 0 Å². The van der Waals surface area contributed by atoms with Gasteiger partial charge in [0.2, 0.25) is 10.6 Å². The van der Waals surface area contributed by atoms with Crippen molar-refractivity contribution in [3.8, 4) is 11.5 Å². The monoisotopic (exact) mass is 300 g/mol. The number of H-pyrrole nitrogens is 2. The maximum absolute atomic E-state index is 5.23. The number of hydrogen-bond acceptors (Lipinski definition) is 5. The van der Waals surface area contributed by atoms with Gasteiger partial charge >= 0.3 is 0 Å². The lowest BCUT2D eigenvalue weighted by molar-refractivity contribution is 0.559. The summed E-state index contributed by atoms with van der Waals surface area (Å²) in [6, 6.07) is 3.62. The van der Waals surface area contributed by atoms with E-state index in [4.69, 9.17) is 16.6 Å². The number of aryl methyl sites for hydroxylation is 1. The van der Waals surface area contributed by atoms with Crippen LogP contribution in [0.25, 0.3) is 11.5 Å². The van der Waals surface area contributed by atoms with Gasteiger partial charge in [0.05, 0.1) is 12.5 Å². The van der Waals surface area contributed by atoms with Crippen molar-refractivity contribution in [1.82, 2.24) is 25.1 Å². The van der Waals surface area contributed by atoms with E-state index in [0.717, 1.165) is 25.0 Å². The quantitative estimate of drug-likeness (QED) is 0.574. The molecule has 0 atom stereocenters. The van der Waals surface area contributed by atoms with E-state index in [-0.39, 0.29) is 0 Å². The molecule has 0 fully saturated rings. The summed E-state index contributed by atoms with van der Waals surface area (Å²) >= 11 is 5.23. The summed E-state index contributed by atoms with van der Waals surface area (Å²) in [7, 11) is 0. The number of aromatic amines is 2. The first-order chi connectivity index (χ1) is 10.3. The lowest BCUT2D eigenvalue weighted by atomic mass is 10.2. The minimum Gasteiger partial charge on any atom is -0.463 e. The maximum atomic E-state index is 5.23. The molecule has 106 valence electrons. The third-order valence-electron chi connectivity index (χ3n) is 3.51. The van der Waals surface area contributed by atoms with Crippen molar-refractivity contribution in [2.24, 2.45) is 5.10 Å². The highest BCUT2D eigenvalue weighted by molar-refractivity contribution is 7.71. The van der Waals surface area contributed by atoms with Crippen molar-refractivity contribution in [2.45, 2.75) is 19.3 Å². The predicted molar refractivity (Wildman–Crippen MR) is 78.7 cm³/mol. The molecule has 1 aliphatic carbocycles. The Labute approximate surface area is 124 Å². The minimum absolute atomic E-state index is 0.419. The van der Waals surface area contributed by atoms with E-state index in [9.17, 15) is 0 Å². The van der Waals surface area contributed by atoms with Crippen molar-refractivity contribution in [2.75, 3.05) is 0 Å². The SMILES string of the molecule is S=c1[nH]nc(-c2n[nH]c3c2CCC3)n1N=Cc1ccco1. The van der Waals surface area contributed by atoms with Crippen molar-refractivity contribution in [1.29, 1.82) is 0 Å². The summed E-state index contributed by atoms with van der Waals surface area (Å²) in [5.74, 6) is 1.26. The molecule has 1 aliphatic rings. The average molecular weight is 300 g/mol. The fourth-order valence-corrected chi connectivity index (χ4v) is 2.71. The second-order valence-electron chi connectivity index (χ2n) is 4.81. The lowest BCUT2D eigenvalue weighted by Gasteiger charge is -1.98. The van der Waals surface area contributed by atoms with Crippen LogP contribution in [-0.2, 0) is 12.8 Å². The number of rotatable bonds is 3. The van der Waals surface area contributed by atoms with Gasteiger partial charge in [-0.15, -0.1) is 0 Å². The molecule has 0 aliphatic heterocycles. The van der Waals surface area contributed by atoms with Gasteiger partial charge in [0.1, 0.15) is 11.5 Å². The smallest absolute Gasteiger partial charge is 0.216 e. The Hall–Kier alpha value is -2.48. The molecular formula is C13H12N6OS. The zero-order valence-corrected chi connectivity index (χ0v) is 11.9. The second-order valence-corrected chi connectivity index (χ2v) is 5.19. The molecule has 0 unspecified atom stereocenters. The zero-order chi connectivity index (χ0) is 14.2. The van der Waals surface area contributed by atoms with Crippen LogP contribution in [0.4, 0.5) is 0 Å². The number of fused-ring (bicyclic) bond motifs is 1. The molecule has 0 saturated heterocycles. The van der Waals surface area contributed by atoms with Gasteiger partial charge in [-0.2, -0.15) is 20.0 Å². The number of aromatic nitrogens is 5. The summed E-state index contributed by atoms with van der Waals surface area (Å²) in [5.41, 5.74) is 3.20. The van der Waals surface area contributed by atoms with Gasteiger partial charge in [-0.05, 0) is 43.6 Å². The van der Waals surface area contributed by atoms with E-state index in [1.165, 1.54) is 11.3 Å². The van der Waals surface area contributed by atoms with Crippen LogP contribution in [0.1, 0.15) is 23.4 Å². The van der Waals surface area contributed by atoms with Crippen molar-refractivity contribution < 1.29 is 4.42 Å². The highest BCUT2D eigenvalue weighted by atomic mass is 32.1. The second kappa shape index (κ2) is 4.81. The molecule has 0 radical (unpaired) electrons. The third kappa shape index (κ3) is 2.04. The molecule has 3 aromatic rings. The predicted octanol–water partition coefficient (Wildman–Crippen LogP) is 2.29. The molecule has 4 rings (SSSR count). The van der Waals surface area contributed by atoms with Gasteiger partial charge in [0.15, 0.2) is 0 Å². The highest BCUT2D eigenvalue weighted by Gasteiger charge is 2.23. The highest BCUT2D eigenvalue weighted by Crippen LogP contribution is 2.29. The van der Waals surface area contributed by atoms with Crippen LogP contribution in [-0.4, -0.2) is 31.3 Å². The van der Waals surface area contributed by atoms with Crippen LogP contribution >= 0.6 is 12.2 Å². The van der Waals surface area contributed by atoms with E-state index in [1.54, 1.807) is 23.2 Å². The number of nitrogens with one attached hydrogen (secondary N) is 2. The van der Waals surface area contributed by atoms with Crippen molar-refractivity contribution in [3.05, 3.63) is 40.2 Å². The molecule has 0 bridgehead atoms. The van der Waals surface area contributed by atoms with Gasteiger partial charge in [0, 0.05) is 11.3 Å². The minimum atomic E-state index is 0.419. The molecule has 0 saturated carbocycles. The molecular weight excluding hydrogens is 288 g/mol. The Morgan fingerprint density at radius 3 is 3.14 bits per heavy atom. The zero-order valence-electron chi connectivity index (χ0n) is 11.0. The summed E-state index contributed by atoms with van der Waals surface area (Å²) in [5, 5.41) is 18.8. The molecule has 2 N–H and O–H groups in total. The Bertz CT molecular complexity index is 854. The van der Waals surface area contributed by atoms with Gasteiger partial charge < -0.3 is 4.42 Å². The standard InChI is InChI=1S/C13H12N6OS/c21-13-18-17-12(11-9-4-1-5-10(9)15-16-11)19(13)14-7-8-3-2-6-20-8/h2-3,6-7H,1,4-5H2,(H,15,16)(H,18,21). The maximum Gasteiger partial charge on any atom is 0.216 e. The molecule has 0 spiro atoms. The van der Waals surface area contributed by atoms with Crippen LogP contribution in [0, 0.1) is 4.77 Å². The van der Waals surface area contributed by atoms with Gasteiger partial charge in [-0.1, -0.05) is 0 Å². The van der Waals surface area contributed by atoms with E-state index in [1.807, 2.05) is 6.07 Å². The molecule has 3 aromatic heterocycles. The van der Waals surface area contributed by atoms with Gasteiger partial charge in [-0.3, -0.25) is 5.10 Å². The van der Waals surface area contributed by atoms with E-state index < -0.39 is 0 Å². The van der Waals surface area contributed by atoms with Crippen molar-refractivity contribution in [3.63, 3.8) is 0 Å². The van der Waals surface area contributed by atoms with Gasteiger partial charge in [0.25, 0.3) is 0 Å². The third-order valence-corrected chi connectivity index (χ3v) is 3.78. The Morgan fingerprint density at radius 1 is 1.33 bits per heavy atom. The number of furan rings is 1. The summed E-state index contributed by atoms with van der Waals surface area (Å²) in [4.78, 5) is 0. The molecule has 7 nitrogen and oxygen atoms in total. The number of nitrogens with zero attached hydrogens (tertiary/aromatic N) is 4. The topological polar surface area (TPSA) is 87.8 Å². The van der Waals surface area contributed by atoms with Crippen LogP contribution in [0.3, 0.4) is 0 Å². The molecule has 0 amide bonds. The number of hydrogen-bond donors (Lipinski definition) is 2. The normalized spacial score (nSPS) is 14.1. The Morgan fingerprint density at radius 2 is 2.29 bits per heavy atom. The van der Waals surface area contributed by atoms with Gasteiger partial charge in [-0.25, -0.2) is 5.10 Å². The average Bonchev–Trinajstić information content (AvgIpc) is 3.21. The van der Waals surface area contributed by atoms with Crippen molar-refractivity contribution >= 4 is 18.4 Å². The summed E-state index contributed by atoms with van der Waals surface area (Å²) in [6.45, 7) is 0. The molecule has 21 heavy (non-hydrogen) atoms. The molecule has 8 heteroatoms. The first kappa shape index (κ1) is 12.3. The van der Waals surface area contributed by atoms with Crippen LogP contribution in [0.5, 0.6) is 0 Å². The first-order valence-electron chi connectivity index (χ1n) is 6.64. The fourth-order valence-electron chi connectivity index (χ4n) is 2.54. The van der Waals surface area contributed by atoms with Crippen LogP contribution in [0.15, 0.2) is 27.9 Å². The first-order valence-corrected chi connectivity index (χ1v) is 7.05. The summed E-state index contributed by atoms with van der Waals surface area (Å²) < 4.78 is 7.21. The van der Waals surface area contributed by atoms with Crippen LogP contribution in [0.2, 0.25) is 0 Å². The van der Waals surface area contributed by atoms with E-state index in [0.29, 0.717) is 16.4 Å². The summed E-state index contributed by atoms with van der Waals surface area (Å²) in [6.07, 6.45) is 6.36.